The summed E-state index contributed by atoms with van der Waals surface area (Å²) in [7, 11) is 1.59. The first kappa shape index (κ1) is 15.8. The van der Waals surface area contributed by atoms with Crippen molar-refractivity contribution >= 4 is 22.5 Å². The monoisotopic (exact) mass is 322 g/mol. The number of methoxy groups -OCH3 is 1. The van der Waals surface area contributed by atoms with Crippen LogP contribution in [0.5, 0.6) is 5.75 Å². The molecular weight excluding hydrogens is 304 g/mol. The molecule has 0 saturated heterocycles. The Balaban J connectivity index is 1.97. The molecule has 0 unspecified atom stereocenters. The highest BCUT2D eigenvalue weighted by Crippen LogP contribution is 2.21. The van der Waals surface area contributed by atoms with E-state index < -0.39 is 0 Å². The summed E-state index contributed by atoms with van der Waals surface area (Å²) in [4.78, 5) is 28.8. The molecule has 122 valence electrons. The van der Waals surface area contributed by atoms with Gasteiger partial charge in [0, 0.05) is 23.7 Å². The van der Waals surface area contributed by atoms with Crippen molar-refractivity contribution in [1.29, 1.82) is 0 Å². The standard InChI is InChI=1S/C19H18N2O3/c1-13(22)21(16-7-9-17(24-2)10-8-16)12-15-11-14-5-3-4-6-18(14)20-19(15)23/h3-11H,12H2,1-2H3,(H,20,23). The van der Waals surface area contributed by atoms with Crippen molar-refractivity contribution in [3.05, 3.63) is 70.5 Å². The van der Waals surface area contributed by atoms with Crippen LogP contribution in [0.1, 0.15) is 12.5 Å². The zero-order chi connectivity index (χ0) is 17.1. The number of aromatic amines is 1. The highest BCUT2D eigenvalue weighted by Gasteiger charge is 2.14. The van der Waals surface area contributed by atoms with E-state index in [1.54, 1.807) is 36.3 Å². The number of H-pyrrole nitrogens is 1. The van der Waals surface area contributed by atoms with Gasteiger partial charge in [0.2, 0.25) is 5.91 Å². The number of carbonyl (C=O) groups is 1. The maximum absolute atomic E-state index is 12.3. The molecule has 0 spiro atoms. The lowest BCUT2D eigenvalue weighted by Gasteiger charge is -2.21. The Morgan fingerprint density at radius 2 is 1.83 bits per heavy atom. The van der Waals surface area contributed by atoms with Crippen LogP contribution < -0.4 is 15.2 Å². The van der Waals surface area contributed by atoms with Gasteiger partial charge in [0.05, 0.1) is 13.7 Å². The highest BCUT2D eigenvalue weighted by molar-refractivity contribution is 5.91. The second kappa shape index (κ2) is 6.58. The molecule has 1 aromatic heterocycles. The summed E-state index contributed by atoms with van der Waals surface area (Å²) < 4.78 is 5.14. The first-order valence-electron chi connectivity index (χ1n) is 7.61. The van der Waals surface area contributed by atoms with Crippen molar-refractivity contribution in [2.24, 2.45) is 0 Å². The van der Waals surface area contributed by atoms with Gasteiger partial charge in [-0.05, 0) is 41.8 Å². The van der Waals surface area contributed by atoms with Crippen molar-refractivity contribution in [1.82, 2.24) is 4.98 Å². The number of amides is 1. The summed E-state index contributed by atoms with van der Waals surface area (Å²) in [5.41, 5.74) is 1.86. The Kier molecular flexibility index (Phi) is 4.33. The molecule has 0 aliphatic rings. The van der Waals surface area contributed by atoms with Gasteiger partial charge in [0.25, 0.3) is 5.56 Å². The Labute approximate surface area is 139 Å². The number of anilines is 1. The van der Waals surface area contributed by atoms with Crippen LogP contribution in [0.15, 0.2) is 59.4 Å². The fourth-order valence-electron chi connectivity index (χ4n) is 2.63. The van der Waals surface area contributed by atoms with E-state index in [1.165, 1.54) is 6.92 Å². The number of nitrogens with zero attached hydrogens (tertiary/aromatic N) is 1. The lowest BCUT2D eigenvalue weighted by Crippen LogP contribution is -2.30. The summed E-state index contributed by atoms with van der Waals surface area (Å²) in [6.45, 7) is 1.70. The van der Waals surface area contributed by atoms with Gasteiger partial charge in [-0.25, -0.2) is 0 Å². The minimum atomic E-state index is -0.187. The molecule has 0 aliphatic carbocycles. The van der Waals surface area contributed by atoms with Gasteiger partial charge in [-0.15, -0.1) is 0 Å². The third-order valence-electron chi connectivity index (χ3n) is 3.92. The molecule has 0 saturated carbocycles. The van der Waals surface area contributed by atoms with E-state index in [1.807, 2.05) is 30.3 Å². The second-order valence-electron chi connectivity index (χ2n) is 5.51. The maximum atomic E-state index is 12.3. The lowest BCUT2D eigenvalue weighted by molar-refractivity contribution is -0.116. The summed E-state index contributed by atoms with van der Waals surface area (Å²) in [6.07, 6.45) is 0. The van der Waals surface area contributed by atoms with Crippen LogP contribution in [0.25, 0.3) is 10.9 Å². The molecule has 0 radical (unpaired) electrons. The predicted octanol–water partition coefficient (Wildman–Crippen LogP) is 3.09. The molecule has 2 aromatic carbocycles. The van der Waals surface area contributed by atoms with Gasteiger partial charge in [-0.2, -0.15) is 0 Å². The molecule has 0 aliphatic heterocycles. The Morgan fingerprint density at radius 3 is 2.50 bits per heavy atom. The van der Waals surface area contributed by atoms with E-state index in [4.69, 9.17) is 4.74 Å². The van der Waals surface area contributed by atoms with Gasteiger partial charge >= 0.3 is 0 Å². The Bertz CT molecular complexity index is 929. The van der Waals surface area contributed by atoms with Crippen molar-refractivity contribution < 1.29 is 9.53 Å². The van der Waals surface area contributed by atoms with E-state index >= 15 is 0 Å². The van der Waals surface area contributed by atoms with E-state index in [0.717, 1.165) is 16.6 Å². The molecule has 24 heavy (non-hydrogen) atoms. The van der Waals surface area contributed by atoms with Crippen molar-refractivity contribution in [3.8, 4) is 5.75 Å². The average Bonchev–Trinajstić information content (AvgIpc) is 2.59. The van der Waals surface area contributed by atoms with Crippen LogP contribution in [0, 0.1) is 0 Å². The summed E-state index contributed by atoms with van der Waals surface area (Å²) in [6, 6.07) is 16.6. The Hall–Kier alpha value is -3.08. The number of aromatic nitrogens is 1. The molecular formula is C19H18N2O3. The number of carbonyl (C=O) groups excluding carboxylic acids is 1. The number of benzene rings is 2. The number of hydrogen-bond acceptors (Lipinski definition) is 3. The van der Waals surface area contributed by atoms with Crippen molar-refractivity contribution in [3.63, 3.8) is 0 Å². The largest absolute Gasteiger partial charge is 0.497 e. The second-order valence-corrected chi connectivity index (χ2v) is 5.51. The topological polar surface area (TPSA) is 62.4 Å². The van der Waals surface area contributed by atoms with Crippen LogP contribution >= 0.6 is 0 Å². The number of ether oxygens (including phenoxy) is 1. The number of nitrogens with one attached hydrogen (secondary N) is 1. The molecule has 3 rings (SSSR count). The summed E-state index contributed by atoms with van der Waals surface area (Å²) >= 11 is 0. The number of rotatable bonds is 4. The SMILES string of the molecule is COc1ccc(N(Cc2cc3ccccc3[nH]c2=O)C(C)=O)cc1. The van der Waals surface area contributed by atoms with Gasteiger partial charge in [-0.3, -0.25) is 9.59 Å². The molecule has 5 heteroatoms. The molecule has 3 aromatic rings. The molecule has 0 atom stereocenters. The average molecular weight is 322 g/mol. The first-order chi connectivity index (χ1) is 11.6. The summed E-state index contributed by atoms with van der Waals surface area (Å²) in [5, 5.41) is 0.935. The van der Waals surface area contributed by atoms with Crippen LogP contribution in [0.2, 0.25) is 0 Å². The molecule has 0 bridgehead atoms. The Morgan fingerprint density at radius 1 is 1.12 bits per heavy atom. The third-order valence-corrected chi connectivity index (χ3v) is 3.92. The van der Waals surface area contributed by atoms with Gasteiger partial charge < -0.3 is 14.6 Å². The fourth-order valence-corrected chi connectivity index (χ4v) is 2.63. The van der Waals surface area contributed by atoms with E-state index in [-0.39, 0.29) is 18.0 Å². The van der Waals surface area contributed by atoms with E-state index in [9.17, 15) is 9.59 Å². The zero-order valence-electron chi connectivity index (χ0n) is 13.6. The molecule has 1 N–H and O–H groups in total. The fraction of sp³-hybridized carbons (Fsp3) is 0.158. The minimum absolute atomic E-state index is 0.132. The van der Waals surface area contributed by atoms with E-state index in [0.29, 0.717) is 11.3 Å². The van der Waals surface area contributed by atoms with Gasteiger partial charge in [-0.1, -0.05) is 18.2 Å². The van der Waals surface area contributed by atoms with Crippen LogP contribution in [-0.2, 0) is 11.3 Å². The minimum Gasteiger partial charge on any atom is -0.497 e. The smallest absolute Gasteiger partial charge is 0.253 e. The summed E-state index contributed by atoms with van der Waals surface area (Å²) in [5.74, 6) is 0.582. The molecule has 1 heterocycles. The quantitative estimate of drug-likeness (QED) is 0.803. The van der Waals surface area contributed by atoms with Crippen LogP contribution in [0.3, 0.4) is 0 Å². The van der Waals surface area contributed by atoms with Crippen LogP contribution in [-0.4, -0.2) is 18.0 Å². The van der Waals surface area contributed by atoms with E-state index in [2.05, 4.69) is 4.98 Å². The lowest BCUT2D eigenvalue weighted by atomic mass is 10.1. The van der Waals surface area contributed by atoms with Gasteiger partial charge in [0.1, 0.15) is 5.75 Å². The third kappa shape index (κ3) is 3.15. The van der Waals surface area contributed by atoms with Crippen molar-refractivity contribution in [2.45, 2.75) is 13.5 Å². The predicted molar refractivity (Wildman–Crippen MR) is 94.4 cm³/mol. The molecule has 0 fully saturated rings. The first-order valence-corrected chi connectivity index (χ1v) is 7.61. The van der Waals surface area contributed by atoms with Crippen LogP contribution in [0.4, 0.5) is 5.69 Å². The molecule has 5 nitrogen and oxygen atoms in total. The van der Waals surface area contributed by atoms with Gasteiger partial charge in [0.15, 0.2) is 0 Å². The highest BCUT2D eigenvalue weighted by atomic mass is 16.5. The zero-order valence-corrected chi connectivity index (χ0v) is 13.6. The number of para-hydroxylation sites is 1. The van der Waals surface area contributed by atoms with Crippen molar-refractivity contribution in [2.75, 3.05) is 12.0 Å². The normalized spacial score (nSPS) is 10.6. The number of pyridine rings is 1. The molecule has 1 amide bonds. The number of hydrogen-bond donors (Lipinski definition) is 1. The maximum Gasteiger partial charge on any atom is 0.253 e. The number of fused-ring (bicyclic) bond motifs is 1.